The van der Waals surface area contributed by atoms with Gasteiger partial charge in [0.25, 0.3) is 0 Å². The van der Waals surface area contributed by atoms with Crippen molar-refractivity contribution < 1.29 is 4.79 Å². The maximum atomic E-state index is 11.6. The average Bonchev–Trinajstić information content (AvgIpc) is 2.30. The van der Waals surface area contributed by atoms with Crippen molar-refractivity contribution in [2.24, 2.45) is 11.7 Å². The van der Waals surface area contributed by atoms with Gasteiger partial charge in [-0.15, -0.1) is 0 Å². The van der Waals surface area contributed by atoms with Gasteiger partial charge in [-0.3, -0.25) is 4.79 Å². The van der Waals surface area contributed by atoms with E-state index >= 15 is 0 Å². The molecule has 1 amide bonds. The van der Waals surface area contributed by atoms with Crippen molar-refractivity contribution in [3.63, 3.8) is 0 Å². The summed E-state index contributed by atoms with van der Waals surface area (Å²) >= 11 is 0. The fourth-order valence-corrected chi connectivity index (χ4v) is 1.81. The topological polar surface area (TPSA) is 55.1 Å². The Labute approximate surface area is 110 Å². The molecule has 3 nitrogen and oxygen atoms in total. The molecular formula is C15H24N2O. The molecule has 0 aliphatic carbocycles. The smallest absolute Gasteiger partial charge is 0.224 e. The van der Waals surface area contributed by atoms with Crippen LogP contribution in [0.15, 0.2) is 24.3 Å². The van der Waals surface area contributed by atoms with Gasteiger partial charge in [0.15, 0.2) is 0 Å². The van der Waals surface area contributed by atoms with E-state index < -0.39 is 0 Å². The zero-order valence-electron chi connectivity index (χ0n) is 11.4. The van der Waals surface area contributed by atoms with Crippen LogP contribution in [0.25, 0.3) is 0 Å². The highest BCUT2D eigenvalue weighted by atomic mass is 16.1. The summed E-state index contributed by atoms with van der Waals surface area (Å²) in [4.78, 5) is 11.6. The molecule has 1 rings (SSSR count). The molecule has 18 heavy (non-hydrogen) atoms. The van der Waals surface area contributed by atoms with Gasteiger partial charge in [0, 0.05) is 12.1 Å². The molecule has 100 valence electrons. The molecule has 0 aromatic heterocycles. The Bertz CT molecular complexity index is 357. The number of amides is 1. The number of rotatable bonds is 7. The van der Waals surface area contributed by atoms with Crippen molar-refractivity contribution in [1.82, 2.24) is 0 Å². The van der Waals surface area contributed by atoms with Crippen LogP contribution in [0, 0.1) is 5.92 Å². The van der Waals surface area contributed by atoms with Crippen molar-refractivity contribution in [3.05, 3.63) is 29.8 Å². The summed E-state index contributed by atoms with van der Waals surface area (Å²) in [5.41, 5.74) is 7.64. The number of hydrogen-bond donors (Lipinski definition) is 2. The highest BCUT2D eigenvalue weighted by Crippen LogP contribution is 2.12. The van der Waals surface area contributed by atoms with E-state index in [0.717, 1.165) is 31.5 Å². The summed E-state index contributed by atoms with van der Waals surface area (Å²) in [6.07, 6.45) is 3.80. The number of nitrogens with two attached hydrogens (primary N) is 1. The normalized spacial score (nSPS) is 10.7. The number of unbranched alkanes of at least 4 members (excludes halogenated alkanes) is 1. The summed E-state index contributed by atoms with van der Waals surface area (Å²) in [7, 11) is 0. The number of benzene rings is 1. The molecule has 1 aromatic rings. The lowest BCUT2D eigenvalue weighted by molar-refractivity contribution is -0.116. The second kappa shape index (κ2) is 7.88. The molecule has 0 heterocycles. The van der Waals surface area contributed by atoms with Gasteiger partial charge in [-0.05, 0) is 49.4 Å². The van der Waals surface area contributed by atoms with Crippen molar-refractivity contribution >= 4 is 11.6 Å². The highest BCUT2D eigenvalue weighted by Gasteiger charge is 2.04. The number of hydrogen-bond acceptors (Lipinski definition) is 2. The van der Waals surface area contributed by atoms with E-state index in [1.54, 1.807) is 0 Å². The fourth-order valence-electron chi connectivity index (χ4n) is 1.81. The van der Waals surface area contributed by atoms with E-state index in [0.29, 0.717) is 12.3 Å². The number of carbonyl (C=O) groups is 1. The van der Waals surface area contributed by atoms with Crippen molar-refractivity contribution in [2.45, 2.75) is 39.5 Å². The summed E-state index contributed by atoms with van der Waals surface area (Å²) in [5.74, 6) is 0.474. The molecule has 0 fully saturated rings. The number of nitrogens with one attached hydrogen (secondary N) is 1. The summed E-state index contributed by atoms with van der Waals surface area (Å²) in [6, 6.07) is 8.08. The third-order valence-electron chi connectivity index (χ3n) is 2.75. The second-order valence-corrected chi connectivity index (χ2v) is 5.09. The van der Waals surface area contributed by atoms with Crippen LogP contribution >= 0.6 is 0 Å². The molecule has 0 radical (unpaired) electrons. The van der Waals surface area contributed by atoms with Crippen LogP contribution in [0.4, 0.5) is 5.69 Å². The lowest BCUT2D eigenvalue weighted by Gasteiger charge is -2.08. The molecule has 3 N–H and O–H groups in total. The van der Waals surface area contributed by atoms with E-state index in [1.807, 2.05) is 26.0 Å². The first-order chi connectivity index (χ1) is 8.61. The van der Waals surface area contributed by atoms with Gasteiger partial charge in [-0.25, -0.2) is 0 Å². The van der Waals surface area contributed by atoms with Gasteiger partial charge >= 0.3 is 0 Å². The average molecular weight is 248 g/mol. The van der Waals surface area contributed by atoms with Crippen molar-refractivity contribution in [2.75, 3.05) is 11.9 Å². The Balaban J connectivity index is 2.42. The Hall–Kier alpha value is -1.35. The lowest BCUT2D eigenvalue weighted by Crippen LogP contribution is -2.13. The molecule has 0 saturated carbocycles. The zero-order valence-corrected chi connectivity index (χ0v) is 11.4. The van der Waals surface area contributed by atoms with E-state index in [4.69, 9.17) is 5.73 Å². The molecule has 0 aliphatic rings. The molecule has 3 heteroatoms. The molecule has 0 aliphatic heterocycles. The summed E-state index contributed by atoms with van der Waals surface area (Å²) in [6.45, 7) is 4.84. The standard InChI is InChI=1S/C15H24N2O/c1-12(2)11-15(18)17-14-8-6-13(7-9-14)5-3-4-10-16/h6-9,12H,3-5,10-11,16H2,1-2H3,(H,17,18). The quantitative estimate of drug-likeness (QED) is 0.729. The fraction of sp³-hybridized carbons (Fsp3) is 0.533. The van der Waals surface area contributed by atoms with E-state index in [-0.39, 0.29) is 5.91 Å². The van der Waals surface area contributed by atoms with E-state index in [9.17, 15) is 4.79 Å². The van der Waals surface area contributed by atoms with Crippen LogP contribution in [0.3, 0.4) is 0 Å². The van der Waals surface area contributed by atoms with Gasteiger partial charge in [0.2, 0.25) is 5.91 Å². The highest BCUT2D eigenvalue weighted by molar-refractivity contribution is 5.90. The number of aryl methyl sites for hydroxylation is 1. The molecule has 0 atom stereocenters. The minimum atomic E-state index is 0.0841. The summed E-state index contributed by atoms with van der Waals surface area (Å²) in [5, 5.41) is 2.91. The third kappa shape index (κ3) is 5.82. The van der Waals surface area contributed by atoms with Gasteiger partial charge < -0.3 is 11.1 Å². The molecule has 0 saturated heterocycles. The third-order valence-corrected chi connectivity index (χ3v) is 2.75. The maximum absolute atomic E-state index is 11.6. The van der Waals surface area contributed by atoms with Crippen LogP contribution in [-0.2, 0) is 11.2 Å². The van der Waals surface area contributed by atoms with Crippen LogP contribution in [-0.4, -0.2) is 12.5 Å². The van der Waals surface area contributed by atoms with Crippen LogP contribution in [0.2, 0.25) is 0 Å². The van der Waals surface area contributed by atoms with Gasteiger partial charge in [-0.1, -0.05) is 26.0 Å². The summed E-state index contributed by atoms with van der Waals surface area (Å²) < 4.78 is 0. The Morgan fingerprint density at radius 1 is 1.22 bits per heavy atom. The predicted octanol–water partition coefficient (Wildman–Crippen LogP) is 2.95. The SMILES string of the molecule is CC(C)CC(=O)Nc1ccc(CCCCN)cc1. The Morgan fingerprint density at radius 3 is 2.44 bits per heavy atom. The number of anilines is 1. The van der Waals surface area contributed by atoms with Crippen LogP contribution in [0.1, 0.15) is 38.7 Å². The molecule has 0 bridgehead atoms. The lowest BCUT2D eigenvalue weighted by atomic mass is 10.1. The van der Waals surface area contributed by atoms with Crippen molar-refractivity contribution in [1.29, 1.82) is 0 Å². The minimum absolute atomic E-state index is 0.0841. The van der Waals surface area contributed by atoms with E-state index in [2.05, 4.69) is 17.4 Å². The van der Waals surface area contributed by atoms with Gasteiger partial charge in [0.1, 0.15) is 0 Å². The molecule has 0 spiro atoms. The van der Waals surface area contributed by atoms with Crippen LogP contribution in [0.5, 0.6) is 0 Å². The van der Waals surface area contributed by atoms with Crippen LogP contribution < -0.4 is 11.1 Å². The predicted molar refractivity (Wildman–Crippen MR) is 76.5 cm³/mol. The monoisotopic (exact) mass is 248 g/mol. The molecular weight excluding hydrogens is 224 g/mol. The Kier molecular flexibility index (Phi) is 6.44. The zero-order chi connectivity index (χ0) is 13.4. The first kappa shape index (κ1) is 14.7. The second-order valence-electron chi connectivity index (χ2n) is 5.09. The maximum Gasteiger partial charge on any atom is 0.224 e. The minimum Gasteiger partial charge on any atom is -0.330 e. The number of carbonyl (C=O) groups excluding carboxylic acids is 1. The molecule has 1 aromatic carbocycles. The van der Waals surface area contributed by atoms with Gasteiger partial charge in [-0.2, -0.15) is 0 Å². The first-order valence-corrected chi connectivity index (χ1v) is 6.70. The van der Waals surface area contributed by atoms with Gasteiger partial charge in [0.05, 0.1) is 0 Å². The Morgan fingerprint density at radius 2 is 1.89 bits per heavy atom. The van der Waals surface area contributed by atoms with Crippen molar-refractivity contribution in [3.8, 4) is 0 Å². The first-order valence-electron chi connectivity index (χ1n) is 6.70. The largest absolute Gasteiger partial charge is 0.330 e. The molecule has 0 unspecified atom stereocenters. The van der Waals surface area contributed by atoms with E-state index in [1.165, 1.54) is 5.56 Å².